The first-order valence-corrected chi connectivity index (χ1v) is 25.2. The Labute approximate surface area is 449 Å². The summed E-state index contributed by atoms with van der Waals surface area (Å²) < 4.78 is 58.4. The van der Waals surface area contributed by atoms with Gasteiger partial charge in [0, 0.05) is 4.91 Å². The van der Waals surface area contributed by atoms with E-state index in [1.165, 1.54) is 48.5 Å². The van der Waals surface area contributed by atoms with Crippen LogP contribution in [-0.2, 0) is 62.5 Å². The van der Waals surface area contributed by atoms with Gasteiger partial charge in [-0.15, -0.1) is 0 Å². The summed E-state index contributed by atoms with van der Waals surface area (Å²) in [5.41, 5.74) is 13.0. The quantitative estimate of drug-likeness (QED) is 0.0233. The Hall–Kier alpha value is -8.51. The van der Waals surface area contributed by atoms with Crippen molar-refractivity contribution in [3.8, 4) is 0 Å². The van der Waals surface area contributed by atoms with E-state index in [0.717, 1.165) is 16.7 Å². The predicted octanol–water partition coefficient (Wildman–Crippen LogP) is 9.44. The number of hydrogen-bond acceptors (Lipinski definition) is 15. The fraction of sp³-hybridized carbons (Fsp3) is 0.246. The molecular formula is C61H55N3O14. The van der Waals surface area contributed by atoms with Crippen molar-refractivity contribution in [3.05, 3.63) is 262 Å². The van der Waals surface area contributed by atoms with Crippen LogP contribution in [0.2, 0.25) is 0 Å². The molecule has 1 saturated carbocycles. The zero-order valence-electron chi connectivity index (χ0n) is 42.0. The summed E-state index contributed by atoms with van der Waals surface area (Å²) in [4.78, 5) is 60.6. The maximum Gasteiger partial charge on any atom is 0.338 e. The molecule has 1 heterocycles. The molecule has 398 valence electrons. The molecule has 1 aliphatic heterocycles. The van der Waals surface area contributed by atoms with Crippen LogP contribution in [0, 0.1) is 0 Å². The van der Waals surface area contributed by atoms with E-state index in [1.54, 1.807) is 72.8 Å². The molecule has 2 fully saturated rings. The minimum Gasteiger partial charge on any atom is -0.452 e. The number of ether oxygens (including phenoxy) is 9. The molecule has 0 amide bonds. The Balaban J connectivity index is 1.17. The van der Waals surface area contributed by atoms with E-state index in [0.29, 0.717) is 0 Å². The van der Waals surface area contributed by atoms with Crippen LogP contribution in [0.5, 0.6) is 0 Å². The number of aliphatic hydroxyl groups excluding tert-OH is 1. The average Bonchev–Trinajstić information content (AvgIpc) is 3.50. The Morgan fingerprint density at radius 3 is 1.17 bits per heavy atom. The highest BCUT2D eigenvalue weighted by Crippen LogP contribution is 2.38. The van der Waals surface area contributed by atoms with Crippen molar-refractivity contribution in [2.24, 2.45) is 5.11 Å². The van der Waals surface area contributed by atoms with E-state index >= 15 is 0 Å². The van der Waals surface area contributed by atoms with Crippen LogP contribution in [0.1, 0.15) is 58.1 Å². The molecule has 78 heavy (non-hydrogen) atoms. The average molecular weight is 1050 g/mol. The van der Waals surface area contributed by atoms with Crippen LogP contribution in [0.4, 0.5) is 0 Å². The smallest absolute Gasteiger partial charge is 0.338 e. The topological polar surface area (TPSA) is 220 Å². The van der Waals surface area contributed by atoms with Gasteiger partial charge in [-0.2, -0.15) is 0 Å². The van der Waals surface area contributed by atoms with Gasteiger partial charge < -0.3 is 47.7 Å². The SMILES string of the molecule is [N-]=[N+]=N[C@H]1[C@@H](O[C@H]2[C@H](O)[C@@H](OC(=O)c3ccccc3)[C@H](OC(=O)c3ccccc3)[C@H](OC(=O)c3ccccc3)[C@H]2OC(=O)c2ccccc2)O[C@H](COCc2ccccc2)[C@@H](OCc2ccccc2)[C@@H]1OCc1ccccc1. The van der Waals surface area contributed by atoms with E-state index in [1.807, 2.05) is 91.0 Å². The van der Waals surface area contributed by atoms with E-state index in [-0.39, 0.29) is 48.7 Å². The zero-order valence-corrected chi connectivity index (χ0v) is 42.0. The third-order valence-electron chi connectivity index (χ3n) is 13.0. The third kappa shape index (κ3) is 13.9. The van der Waals surface area contributed by atoms with Crippen molar-refractivity contribution in [1.82, 2.24) is 0 Å². The Morgan fingerprint density at radius 2 is 0.769 bits per heavy atom. The Morgan fingerprint density at radius 1 is 0.436 bits per heavy atom. The number of esters is 4. The number of carbonyl (C=O) groups excluding carboxylic acids is 4. The monoisotopic (exact) mass is 1050 g/mol. The lowest BCUT2D eigenvalue weighted by molar-refractivity contribution is -0.325. The van der Waals surface area contributed by atoms with Crippen molar-refractivity contribution in [2.75, 3.05) is 6.61 Å². The van der Waals surface area contributed by atoms with Gasteiger partial charge in [0.25, 0.3) is 0 Å². The number of carbonyl (C=O) groups is 4. The van der Waals surface area contributed by atoms with Gasteiger partial charge in [0.05, 0.1) is 48.7 Å². The largest absolute Gasteiger partial charge is 0.452 e. The summed E-state index contributed by atoms with van der Waals surface area (Å²) in [6, 6.07) is 57.9. The first-order chi connectivity index (χ1) is 38.2. The summed E-state index contributed by atoms with van der Waals surface area (Å²) in [5.74, 6) is -3.90. The minimum absolute atomic E-state index is 0.00861. The minimum atomic E-state index is -2.11. The molecule has 1 saturated heterocycles. The van der Waals surface area contributed by atoms with Gasteiger partial charge in [-0.05, 0) is 70.8 Å². The van der Waals surface area contributed by atoms with Crippen LogP contribution >= 0.6 is 0 Å². The van der Waals surface area contributed by atoms with E-state index < -0.39 is 91.1 Å². The highest BCUT2D eigenvalue weighted by Gasteiger charge is 2.60. The zero-order chi connectivity index (χ0) is 54.1. The van der Waals surface area contributed by atoms with Gasteiger partial charge in [-0.1, -0.05) is 169 Å². The van der Waals surface area contributed by atoms with E-state index in [2.05, 4.69) is 10.0 Å². The molecule has 0 aromatic heterocycles. The summed E-state index contributed by atoms with van der Waals surface area (Å²) in [5, 5.41) is 17.2. The molecule has 9 rings (SSSR count). The number of benzene rings is 7. The Kier molecular flexibility index (Phi) is 18.8. The predicted molar refractivity (Wildman–Crippen MR) is 281 cm³/mol. The van der Waals surface area contributed by atoms with Crippen molar-refractivity contribution < 1.29 is 66.9 Å². The normalized spacial score (nSPS) is 23.6. The lowest BCUT2D eigenvalue weighted by Gasteiger charge is -2.50. The number of aliphatic hydroxyl groups is 1. The second-order valence-corrected chi connectivity index (χ2v) is 18.3. The molecule has 17 nitrogen and oxygen atoms in total. The summed E-state index contributed by atoms with van der Waals surface area (Å²) in [6.45, 7) is 0.0614. The molecule has 0 radical (unpaired) electrons. The van der Waals surface area contributed by atoms with Gasteiger partial charge in [0.15, 0.2) is 30.7 Å². The number of nitrogens with zero attached hydrogens (tertiary/aromatic N) is 3. The second kappa shape index (κ2) is 27.0. The summed E-state index contributed by atoms with van der Waals surface area (Å²) in [6.07, 6.45) is -16.7. The van der Waals surface area contributed by atoms with Crippen LogP contribution in [0.25, 0.3) is 10.4 Å². The van der Waals surface area contributed by atoms with E-state index in [4.69, 9.17) is 42.6 Å². The van der Waals surface area contributed by atoms with Crippen LogP contribution in [0.15, 0.2) is 217 Å². The molecule has 2 aliphatic rings. The fourth-order valence-electron chi connectivity index (χ4n) is 9.17. The van der Waals surface area contributed by atoms with Gasteiger partial charge in [-0.25, -0.2) is 19.2 Å². The van der Waals surface area contributed by atoms with Crippen molar-refractivity contribution in [3.63, 3.8) is 0 Å². The van der Waals surface area contributed by atoms with Gasteiger partial charge in [0.1, 0.15) is 36.6 Å². The maximum absolute atomic E-state index is 14.5. The standard InChI is InChI=1S/C61H55N3O14/c62-64-63-48-51(72-38-42-26-12-3-13-27-42)50(71-37-41-24-10-2-11-25-41)47(39-70-36-40-22-8-1-9-23-40)73-61(48)78-53-49(65)52(74-57(66)43-28-14-4-15-29-43)54(75-58(67)44-30-16-5-17-31-44)56(77-60(69)46-34-20-7-21-35-46)55(53)76-59(68)45-32-18-6-19-33-45/h1-35,47-56,61,65H,36-39H2/t47-,48-,49-,50-,51-,52-,53+,54+,55+,56+,61-/m1/s1. The molecule has 17 heteroatoms. The van der Waals surface area contributed by atoms with Gasteiger partial charge in [0.2, 0.25) is 0 Å². The van der Waals surface area contributed by atoms with Crippen LogP contribution in [0.3, 0.4) is 0 Å². The van der Waals surface area contributed by atoms with Gasteiger partial charge in [-0.3, -0.25) is 0 Å². The van der Waals surface area contributed by atoms with E-state index in [9.17, 15) is 29.8 Å². The van der Waals surface area contributed by atoms with Crippen LogP contribution in [-0.4, -0.2) is 103 Å². The first-order valence-electron chi connectivity index (χ1n) is 25.2. The first kappa shape index (κ1) is 54.3. The molecule has 1 aliphatic carbocycles. The van der Waals surface area contributed by atoms with Crippen molar-refractivity contribution in [1.29, 1.82) is 0 Å². The lowest BCUT2D eigenvalue weighted by Crippen LogP contribution is -2.70. The maximum atomic E-state index is 14.5. The summed E-state index contributed by atoms with van der Waals surface area (Å²) >= 11 is 0. The Bertz CT molecular complexity index is 3070. The second-order valence-electron chi connectivity index (χ2n) is 18.3. The lowest BCUT2D eigenvalue weighted by atomic mass is 9.83. The van der Waals surface area contributed by atoms with Crippen molar-refractivity contribution in [2.45, 2.75) is 87.1 Å². The molecule has 1 N–H and O–H groups in total. The highest BCUT2D eigenvalue weighted by atomic mass is 16.7. The molecule has 0 unspecified atom stereocenters. The third-order valence-corrected chi connectivity index (χ3v) is 13.0. The number of hydrogen-bond donors (Lipinski definition) is 1. The number of azide groups is 1. The highest BCUT2D eigenvalue weighted by molar-refractivity contribution is 5.92. The molecule has 7 aromatic carbocycles. The van der Waals surface area contributed by atoms with Gasteiger partial charge >= 0.3 is 23.9 Å². The fourth-order valence-corrected chi connectivity index (χ4v) is 9.17. The van der Waals surface area contributed by atoms with Crippen LogP contribution < -0.4 is 0 Å². The molecule has 0 bridgehead atoms. The van der Waals surface area contributed by atoms with Crippen molar-refractivity contribution >= 4 is 23.9 Å². The molecule has 0 spiro atoms. The molecular weight excluding hydrogens is 999 g/mol. The number of rotatable bonds is 21. The molecule has 7 aromatic rings. The molecule has 11 atom stereocenters. The summed E-state index contributed by atoms with van der Waals surface area (Å²) in [7, 11) is 0.